The summed E-state index contributed by atoms with van der Waals surface area (Å²) in [6, 6.07) is 10.2. The van der Waals surface area contributed by atoms with Gasteiger partial charge in [-0.2, -0.15) is 22.0 Å². The molecule has 234 valence electrons. The second-order valence-corrected chi connectivity index (χ2v) is 12.9. The lowest BCUT2D eigenvalue weighted by molar-refractivity contribution is -0.137. The average molecular weight is 649 g/mol. The minimum Gasteiger partial charge on any atom is -0.489 e. The fraction of sp³-hybridized carbons (Fsp3) is 0.393. The molecule has 1 fully saturated rings. The van der Waals surface area contributed by atoms with Gasteiger partial charge in [-0.25, -0.2) is 8.42 Å². The molecule has 1 amide bonds. The lowest BCUT2D eigenvalue weighted by Crippen LogP contribution is -2.33. The number of aliphatic hydroxyl groups excluding tert-OH is 1. The van der Waals surface area contributed by atoms with Crippen molar-refractivity contribution < 1.29 is 49.7 Å². The summed E-state index contributed by atoms with van der Waals surface area (Å²) in [7, 11) is -3.41. The number of aliphatic hydroxyl groups is 1. The first-order valence-corrected chi connectivity index (χ1v) is 15.7. The zero-order valence-electron chi connectivity index (χ0n) is 22.8. The standard InChI is InChI=1S/C28H29F5N2O6S2/c1-2-43(38,39)23-9-3-17(4-10-23)24(14-36)34-26(37)18-11-25(42-16-18)35-13-22(12-20(35)15-40-27(29)30)41-21-7-5-19(6-8-21)28(31,32)33/h3-11,16,20,22,24,27,36H,2,12-15H2,1H3,(H,34,37)/t20-,22-,24-/m0/s1. The largest absolute Gasteiger partial charge is 0.489 e. The third-order valence-electron chi connectivity index (χ3n) is 6.92. The van der Waals surface area contributed by atoms with Crippen LogP contribution in [0.2, 0.25) is 0 Å². The Bertz CT molecular complexity index is 1480. The lowest BCUT2D eigenvalue weighted by Gasteiger charge is -2.24. The van der Waals surface area contributed by atoms with Gasteiger partial charge in [0.2, 0.25) is 0 Å². The number of hydrogen-bond donors (Lipinski definition) is 2. The number of benzene rings is 2. The third-order valence-corrected chi connectivity index (χ3v) is 9.63. The molecule has 0 saturated carbocycles. The number of anilines is 1. The summed E-state index contributed by atoms with van der Waals surface area (Å²) in [4.78, 5) is 14.9. The molecule has 2 N–H and O–H groups in total. The normalized spacial score (nSPS) is 18.2. The zero-order valence-corrected chi connectivity index (χ0v) is 24.4. The van der Waals surface area contributed by atoms with Gasteiger partial charge in [0.05, 0.1) is 58.6 Å². The molecule has 2 heterocycles. The smallest absolute Gasteiger partial charge is 0.416 e. The van der Waals surface area contributed by atoms with Crippen LogP contribution in [0.3, 0.4) is 0 Å². The van der Waals surface area contributed by atoms with Crippen LogP contribution in [0, 0.1) is 0 Å². The monoisotopic (exact) mass is 648 g/mol. The van der Waals surface area contributed by atoms with E-state index in [0.717, 1.165) is 12.1 Å². The van der Waals surface area contributed by atoms with E-state index >= 15 is 0 Å². The molecule has 2 aromatic carbocycles. The Hall–Kier alpha value is -3.27. The first kappa shape index (κ1) is 32.6. The van der Waals surface area contributed by atoms with Crippen molar-refractivity contribution >= 4 is 32.1 Å². The molecule has 1 aromatic heterocycles. The number of halogens is 5. The molecule has 0 aliphatic carbocycles. The first-order chi connectivity index (χ1) is 20.3. The van der Waals surface area contributed by atoms with E-state index in [1.54, 1.807) is 16.3 Å². The van der Waals surface area contributed by atoms with Crippen molar-refractivity contribution in [2.75, 3.05) is 30.4 Å². The Balaban J connectivity index is 1.45. The van der Waals surface area contributed by atoms with Crippen LogP contribution in [0.25, 0.3) is 0 Å². The van der Waals surface area contributed by atoms with Crippen LogP contribution in [-0.2, 0) is 20.8 Å². The van der Waals surface area contributed by atoms with E-state index in [1.807, 2.05) is 0 Å². The van der Waals surface area contributed by atoms with Gasteiger partial charge in [-0.05, 0) is 48.0 Å². The van der Waals surface area contributed by atoms with Gasteiger partial charge in [-0.3, -0.25) is 4.79 Å². The number of hydrogen-bond acceptors (Lipinski definition) is 8. The van der Waals surface area contributed by atoms with E-state index in [2.05, 4.69) is 10.1 Å². The van der Waals surface area contributed by atoms with Gasteiger partial charge in [0.25, 0.3) is 5.91 Å². The number of amides is 1. The van der Waals surface area contributed by atoms with Gasteiger partial charge in [-0.15, -0.1) is 11.3 Å². The molecule has 0 spiro atoms. The molecule has 1 aliphatic rings. The van der Waals surface area contributed by atoms with E-state index in [4.69, 9.17) is 4.74 Å². The maximum atomic E-state index is 13.0. The Morgan fingerprint density at radius 1 is 1.14 bits per heavy atom. The molecular weight excluding hydrogens is 619 g/mol. The summed E-state index contributed by atoms with van der Waals surface area (Å²) in [5.74, 6) is -0.403. The van der Waals surface area contributed by atoms with Crippen molar-refractivity contribution in [2.45, 2.75) is 49.2 Å². The van der Waals surface area contributed by atoms with Crippen molar-refractivity contribution in [3.8, 4) is 5.75 Å². The van der Waals surface area contributed by atoms with Crippen molar-refractivity contribution in [1.29, 1.82) is 0 Å². The number of nitrogens with one attached hydrogen (secondary N) is 1. The van der Waals surface area contributed by atoms with E-state index in [-0.39, 0.29) is 41.5 Å². The molecule has 3 aromatic rings. The van der Waals surface area contributed by atoms with Crippen LogP contribution in [0.5, 0.6) is 5.75 Å². The SMILES string of the molecule is CCS(=O)(=O)c1ccc([C@H](CO)NC(=O)c2csc(N3C[C@@H](Oc4ccc(C(F)(F)F)cc4)C[C@H]3COC(F)F)c2)cc1. The minimum absolute atomic E-state index is 0.0684. The summed E-state index contributed by atoms with van der Waals surface area (Å²) >= 11 is 1.18. The summed E-state index contributed by atoms with van der Waals surface area (Å²) in [5.41, 5.74) is -0.0944. The van der Waals surface area contributed by atoms with Gasteiger partial charge < -0.3 is 24.8 Å². The molecule has 0 unspecified atom stereocenters. The lowest BCUT2D eigenvalue weighted by atomic mass is 10.1. The summed E-state index contributed by atoms with van der Waals surface area (Å²) in [6.45, 7) is -2.08. The second kappa shape index (κ2) is 13.6. The van der Waals surface area contributed by atoms with Crippen LogP contribution >= 0.6 is 11.3 Å². The number of ether oxygens (including phenoxy) is 2. The molecule has 15 heteroatoms. The van der Waals surface area contributed by atoms with Crippen LogP contribution in [0.15, 0.2) is 64.9 Å². The molecule has 43 heavy (non-hydrogen) atoms. The topological polar surface area (TPSA) is 105 Å². The Kier molecular flexibility index (Phi) is 10.3. The van der Waals surface area contributed by atoms with Gasteiger partial charge in [-0.1, -0.05) is 19.1 Å². The van der Waals surface area contributed by atoms with Gasteiger partial charge in [0, 0.05) is 11.8 Å². The average Bonchev–Trinajstić information content (AvgIpc) is 3.62. The molecule has 3 atom stereocenters. The first-order valence-electron chi connectivity index (χ1n) is 13.1. The number of rotatable bonds is 12. The Morgan fingerprint density at radius 3 is 2.40 bits per heavy atom. The highest BCUT2D eigenvalue weighted by Crippen LogP contribution is 2.35. The highest BCUT2D eigenvalue weighted by atomic mass is 32.2. The Labute approximate surface area is 249 Å². The molecular formula is C28H29F5N2O6S2. The predicted octanol–water partition coefficient (Wildman–Crippen LogP) is 5.29. The van der Waals surface area contributed by atoms with E-state index in [0.29, 0.717) is 10.6 Å². The van der Waals surface area contributed by atoms with Crippen LogP contribution in [-0.4, -0.2) is 63.7 Å². The fourth-order valence-corrected chi connectivity index (χ4v) is 6.49. The minimum atomic E-state index is -4.50. The number of sulfone groups is 1. The third kappa shape index (κ3) is 8.22. The molecule has 1 aliphatic heterocycles. The van der Waals surface area contributed by atoms with Crippen molar-refractivity contribution in [1.82, 2.24) is 5.32 Å². The van der Waals surface area contributed by atoms with Gasteiger partial charge >= 0.3 is 12.8 Å². The quantitative estimate of drug-likeness (QED) is 0.257. The fourth-order valence-electron chi connectivity index (χ4n) is 4.63. The molecule has 4 rings (SSSR count). The molecule has 0 radical (unpaired) electrons. The van der Waals surface area contributed by atoms with Crippen LogP contribution in [0.4, 0.5) is 27.0 Å². The number of thiophene rings is 1. The zero-order chi connectivity index (χ0) is 31.4. The van der Waals surface area contributed by atoms with Crippen molar-refractivity contribution in [3.63, 3.8) is 0 Å². The van der Waals surface area contributed by atoms with Gasteiger partial charge in [0.1, 0.15) is 11.9 Å². The molecule has 8 nitrogen and oxygen atoms in total. The van der Waals surface area contributed by atoms with E-state index in [1.165, 1.54) is 54.7 Å². The van der Waals surface area contributed by atoms with E-state index in [9.17, 15) is 40.3 Å². The number of nitrogens with zero attached hydrogens (tertiary/aromatic N) is 1. The van der Waals surface area contributed by atoms with Crippen LogP contribution < -0.4 is 15.0 Å². The second-order valence-electron chi connectivity index (χ2n) is 9.75. The molecule has 0 bridgehead atoms. The summed E-state index contributed by atoms with van der Waals surface area (Å²) in [6.07, 6.45) is -4.81. The maximum Gasteiger partial charge on any atom is 0.416 e. The van der Waals surface area contributed by atoms with Crippen LogP contribution in [0.1, 0.15) is 40.9 Å². The maximum absolute atomic E-state index is 13.0. The predicted molar refractivity (Wildman–Crippen MR) is 149 cm³/mol. The summed E-state index contributed by atoms with van der Waals surface area (Å²) < 4.78 is 98.8. The molecule has 1 saturated heterocycles. The van der Waals surface area contributed by atoms with E-state index < -0.39 is 58.9 Å². The highest BCUT2D eigenvalue weighted by Gasteiger charge is 2.36. The number of alkyl halides is 5. The van der Waals surface area contributed by atoms with Crippen molar-refractivity contribution in [3.05, 3.63) is 76.7 Å². The van der Waals surface area contributed by atoms with Crippen molar-refractivity contribution in [2.24, 2.45) is 0 Å². The Morgan fingerprint density at radius 2 is 1.81 bits per heavy atom. The highest BCUT2D eigenvalue weighted by molar-refractivity contribution is 7.91. The number of carbonyl (C=O) groups excluding carboxylic acids is 1. The number of carbonyl (C=O) groups is 1. The summed E-state index contributed by atoms with van der Waals surface area (Å²) in [5, 5.41) is 14.7. The van der Waals surface area contributed by atoms with Gasteiger partial charge in [0.15, 0.2) is 9.84 Å².